The van der Waals surface area contributed by atoms with Crippen molar-refractivity contribution in [3.8, 4) is 5.75 Å². The number of benzene rings is 1. The average molecular weight is 438 g/mol. The van der Waals surface area contributed by atoms with Crippen LogP contribution in [0.4, 0.5) is 4.79 Å². The third kappa shape index (κ3) is 5.86. The highest BCUT2D eigenvalue weighted by molar-refractivity contribution is 7.98. The monoisotopic (exact) mass is 437 g/mol. The molecule has 4 rings (SSSR count). The minimum absolute atomic E-state index is 0.288. The summed E-state index contributed by atoms with van der Waals surface area (Å²) in [6.45, 7) is 5.75. The maximum Gasteiger partial charge on any atom is 0.415 e. The largest absolute Gasteiger partial charge is 0.415 e. The first-order chi connectivity index (χ1) is 15.1. The first kappa shape index (κ1) is 21.4. The van der Waals surface area contributed by atoms with Crippen LogP contribution in [0.15, 0.2) is 60.0 Å². The lowest BCUT2D eigenvalue weighted by atomic mass is 10.2. The number of hydrogen-bond acceptors (Lipinski definition) is 6. The van der Waals surface area contributed by atoms with E-state index < -0.39 is 0 Å². The van der Waals surface area contributed by atoms with Crippen LogP contribution in [-0.2, 0) is 19.3 Å². The molecule has 1 amide bonds. The number of imidazole rings is 1. The molecule has 0 radical (unpaired) electrons. The number of aryl methyl sites for hydroxylation is 2. The van der Waals surface area contributed by atoms with Gasteiger partial charge in [0.2, 0.25) is 0 Å². The SMILES string of the molecule is Cc1cccc(CN2CCN(C(=O)Oc3ccc(CSc4nccn4C)cc3)CC2)n1. The van der Waals surface area contributed by atoms with Crippen molar-refractivity contribution in [2.24, 2.45) is 7.05 Å². The molecule has 1 aromatic carbocycles. The normalized spacial score (nSPS) is 14.6. The second-order valence-electron chi connectivity index (χ2n) is 7.65. The average Bonchev–Trinajstić information content (AvgIpc) is 3.18. The van der Waals surface area contributed by atoms with Crippen LogP contribution in [0, 0.1) is 6.92 Å². The predicted molar refractivity (Wildman–Crippen MR) is 121 cm³/mol. The zero-order valence-electron chi connectivity index (χ0n) is 17.9. The number of hydrogen-bond donors (Lipinski definition) is 0. The lowest BCUT2D eigenvalue weighted by Gasteiger charge is -2.33. The number of ether oxygens (including phenoxy) is 1. The third-order valence-corrected chi connectivity index (χ3v) is 6.36. The Hall–Kier alpha value is -2.84. The third-order valence-electron chi connectivity index (χ3n) is 5.24. The lowest BCUT2D eigenvalue weighted by Crippen LogP contribution is -2.49. The van der Waals surface area contributed by atoms with Crippen LogP contribution in [-0.4, -0.2) is 56.6 Å². The molecule has 31 heavy (non-hydrogen) atoms. The second-order valence-corrected chi connectivity index (χ2v) is 8.60. The minimum atomic E-state index is -0.288. The van der Waals surface area contributed by atoms with E-state index in [2.05, 4.69) is 14.9 Å². The van der Waals surface area contributed by atoms with Gasteiger partial charge in [0.05, 0.1) is 5.69 Å². The Morgan fingerprint density at radius 3 is 2.55 bits per heavy atom. The molecular formula is C23H27N5O2S. The van der Waals surface area contributed by atoms with Crippen molar-refractivity contribution in [2.45, 2.75) is 24.4 Å². The van der Waals surface area contributed by atoms with Gasteiger partial charge in [-0.15, -0.1) is 0 Å². The summed E-state index contributed by atoms with van der Waals surface area (Å²) in [5.74, 6) is 1.39. The summed E-state index contributed by atoms with van der Waals surface area (Å²) in [7, 11) is 1.98. The maximum absolute atomic E-state index is 12.5. The topological polar surface area (TPSA) is 63.5 Å². The van der Waals surface area contributed by atoms with Crippen molar-refractivity contribution in [3.05, 3.63) is 71.8 Å². The first-order valence-electron chi connectivity index (χ1n) is 10.4. The highest BCUT2D eigenvalue weighted by Gasteiger charge is 2.23. The predicted octanol–water partition coefficient (Wildman–Crippen LogP) is 3.73. The Balaban J connectivity index is 1.23. The molecule has 3 heterocycles. The van der Waals surface area contributed by atoms with Crippen LogP contribution in [0.5, 0.6) is 5.75 Å². The van der Waals surface area contributed by atoms with Crippen LogP contribution >= 0.6 is 11.8 Å². The van der Waals surface area contributed by atoms with Crippen LogP contribution in [0.2, 0.25) is 0 Å². The number of piperazine rings is 1. The van der Waals surface area contributed by atoms with E-state index in [1.165, 1.54) is 0 Å². The van der Waals surface area contributed by atoms with Crippen molar-refractivity contribution >= 4 is 17.9 Å². The van der Waals surface area contributed by atoms with Crippen LogP contribution in [0.3, 0.4) is 0 Å². The molecule has 0 N–H and O–H groups in total. The summed E-state index contributed by atoms with van der Waals surface area (Å²) in [6.07, 6.45) is 3.44. The quantitative estimate of drug-likeness (QED) is 0.548. The second kappa shape index (κ2) is 9.98. The molecule has 0 aliphatic carbocycles. The van der Waals surface area contributed by atoms with E-state index in [-0.39, 0.29) is 6.09 Å². The number of pyridine rings is 1. The number of rotatable bonds is 6. The van der Waals surface area contributed by atoms with Gasteiger partial charge in [0.1, 0.15) is 5.75 Å². The van der Waals surface area contributed by atoms with E-state index >= 15 is 0 Å². The molecular weight excluding hydrogens is 410 g/mol. The highest BCUT2D eigenvalue weighted by Crippen LogP contribution is 2.22. The zero-order valence-corrected chi connectivity index (χ0v) is 18.7. The van der Waals surface area contributed by atoms with Crippen molar-refractivity contribution in [2.75, 3.05) is 26.2 Å². The van der Waals surface area contributed by atoms with Gasteiger partial charge in [0.15, 0.2) is 5.16 Å². The Kier molecular flexibility index (Phi) is 6.89. The lowest BCUT2D eigenvalue weighted by molar-refractivity contribution is 0.107. The van der Waals surface area contributed by atoms with Crippen molar-refractivity contribution in [1.29, 1.82) is 0 Å². The van der Waals surface area contributed by atoms with E-state index in [0.29, 0.717) is 18.8 Å². The summed E-state index contributed by atoms with van der Waals surface area (Å²) in [6, 6.07) is 13.8. The van der Waals surface area contributed by atoms with Gasteiger partial charge in [0, 0.05) is 63.6 Å². The van der Waals surface area contributed by atoms with E-state index in [9.17, 15) is 4.79 Å². The smallest absolute Gasteiger partial charge is 0.410 e. The zero-order chi connectivity index (χ0) is 21.6. The number of amides is 1. The molecule has 1 saturated heterocycles. The van der Waals surface area contributed by atoms with Crippen LogP contribution < -0.4 is 4.74 Å². The molecule has 8 heteroatoms. The molecule has 0 unspecified atom stereocenters. The molecule has 162 valence electrons. The molecule has 1 aliphatic rings. The molecule has 0 bridgehead atoms. The maximum atomic E-state index is 12.5. The summed E-state index contributed by atoms with van der Waals surface area (Å²) in [5, 5.41) is 0.979. The molecule has 0 saturated carbocycles. The molecule has 0 atom stereocenters. The first-order valence-corrected chi connectivity index (χ1v) is 11.4. The Labute approximate surface area is 187 Å². The molecule has 0 spiro atoms. The van der Waals surface area contributed by atoms with Crippen LogP contribution in [0.1, 0.15) is 17.0 Å². The van der Waals surface area contributed by atoms with Crippen molar-refractivity contribution < 1.29 is 9.53 Å². The fourth-order valence-corrected chi connectivity index (χ4v) is 4.35. The van der Waals surface area contributed by atoms with E-state index in [4.69, 9.17) is 4.74 Å². The number of nitrogens with zero attached hydrogens (tertiary/aromatic N) is 5. The summed E-state index contributed by atoms with van der Waals surface area (Å²) < 4.78 is 7.58. The number of carbonyl (C=O) groups excluding carboxylic acids is 1. The number of aromatic nitrogens is 3. The Bertz CT molecular complexity index is 1010. The van der Waals surface area contributed by atoms with Gasteiger partial charge in [-0.05, 0) is 36.8 Å². The standard InChI is InChI=1S/C23H27N5O2S/c1-18-4-3-5-20(25-18)16-27-12-14-28(15-13-27)23(29)30-21-8-6-19(7-9-21)17-31-22-24-10-11-26(22)2/h3-11H,12-17H2,1-2H3. The fraction of sp³-hybridized carbons (Fsp3) is 0.348. The Morgan fingerprint density at radius 1 is 1.10 bits per heavy atom. The van der Waals surface area contributed by atoms with Gasteiger partial charge in [-0.3, -0.25) is 9.88 Å². The van der Waals surface area contributed by atoms with Gasteiger partial charge in [-0.1, -0.05) is 30.0 Å². The fourth-order valence-electron chi connectivity index (χ4n) is 3.46. The van der Waals surface area contributed by atoms with Gasteiger partial charge in [-0.2, -0.15) is 0 Å². The molecule has 3 aromatic rings. The van der Waals surface area contributed by atoms with Gasteiger partial charge >= 0.3 is 6.09 Å². The van der Waals surface area contributed by atoms with Crippen molar-refractivity contribution in [1.82, 2.24) is 24.3 Å². The number of thioether (sulfide) groups is 1. The van der Waals surface area contributed by atoms with Gasteiger partial charge in [0.25, 0.3) is 0 Å². The Morgan fingerprint density at radius 2 is 1.87 bits per heavy atom. The van der Waals surface area contributed by atoms with E-state index in [0.717, 1.165) is 47.5 Å². The number of carbonyl (C=O) groups is 1. The highest BCUT2D eigenvalue weighted by atomic mass is 32.2. The van der Waals surface area contributed by atoms with Crippen LogP contribution in [0.25, 0.3) is 0 Å². The molecule has 1 aliphatic heterocycles. The molecule has 2 aromatic heterocycles. The van der Waals surface area contributed by atoms with Gasteiger partial charge in [-0.25, -0.2) is 9.78 Å². The molecule has 1 fully saturated rings. The van der Waals surface area contributed by atoms with E-state index in [1.54, 1.807) is 22.9 Å². The van der Waals surface area contributed by atoms with Gasteiger partial charge < -0.3 is 14.2 Å². The summed E-state index contributed by atoms with van der Waals surface area (Å²) >= 11 is 1.68. The van der Waals surface area contributed by atoms with E-state index in [1.807, 2.05) is 67.2 Å². The molecule has 7 nitrogen and oxygen atoms in total. The summed E-state index contributed by atoms with van der Waals surface area (Å²) in [5.41, 5.74) is 3.25. The minimum Gasteiger partial charge on any atom is -0.410 e. The van der Waals surface area contributed by atoms with Crippen molar-refractivity contribution in [3.63, 3.8) is 0 Å². The summed E-state index contributed by atoms with van der Waals surface area (Å²) in [4.78, 5) is 25.5.